The Morgan fingerprint density at radius 3 is 2.64 bits per heavy atom. The van der Waals surface area contributed by atoms with Crippen molar-refractivity contribution >= 4 is 5.91 Å². The highest BCUT2D eigenvalue weighted by atomic mass is 16.3. The Morgan fingerprint density at radius 2 is 2.14 bits per heavy atom. The second-order valence-electron chi connectivity index (χ2n) is 3.47. The van der Waals surface area contributed by atoms with Gasteiger partial charge in [0.25, 0.3) is 0 Å². The van der Waals surface area contributed by atoms with E-state index in [-0.39, 0.29) is 12.5 Å². The molecule has 1 amide bonds. The van der Waals surface area contributed by atoms with E-state index in [9.17, 15) is 4.79 Å². The maximum absolute atomic E-state index is 10.5. The van der Waals surface area contributed by atoms with Crippen LogP contribution in [0, 0.1) is 5.92 Å². The first-order chi connectivity index (χ1) is 6.70. The van der Waals surface area contributed by atoms with E-state index in [0.29, 0.717) is 12.5 Å². The van der Waals surface area contributed by atoms with E-state index in [0.717, 1.165) is 25.9 Å². The minimum absolute atomic E-state index is 0.00852. The summed E-state index contributed by atoms with van der Waals surface area (Å²) in [6.07, 6.45) is 1.93. The monoisotopic (exact) mass is 202 g/mol. The molecule has 0 aromatic carbocycles. The van der Waals surface area contributed by atoms with Crippen molar-refractivity contribution < 1.29 is 9.90 Å². The van der Waals surface area contributed by atoms with E-state index >= 15 is 0 Å². The molecular formula is C10H22N2O2. The molecule has 14 heavy (non-hydrogen) atoms. The van der Waals surface area contributed by atoms with Crippen LogP contribution >= 0.6 is 0 Å². The summed E-state index contributed by atoms with van der Waals surface area (Å²) in [7, 11) is 0. The Hall–Kier alpha value is -0.610. The van der Waals surface area contributed by atoms with Gasteiger partial charge in [-0.3, -0.25) is 4.79 Å². The quantitative estimate of drug-likeness (QED) is 0.490. The average molecular weight is 202 g/mol. The van der Waals surface area contributed by atoms with E-state index in [1.165, 1.54) is 6.92 Å². The minimum Gasteiger partial charge on any atom is -0.396 e. The summed E-state index contributed by atoms with van der Waals surface area (Å²) in [4.78, 5) is 10.5. The van der Waals surface area contributed by atoms with Gasteiger partial charge in [-0.05, 0) is 18.9 Å². The zero-order valence-corrected chi connectivity index (χ0v) is 9.18. The lowest BCUT2D eigenvalue weighted by Crippen LogP contribution is -2.32. The van der Waals surface area contributed by atoms with E-state index in [4.69, 9.17) is 5.11 Å². The van der Waals surface area contributed by atoms with Crippen LogP contribution in [0.5, 0.6) is 0 Å². The maximum atomic E-state index is 10.5. The summed E-state index contributed by atoms with van der Waals surface area (Å²) in [5.41, 5.74) is 0. The lowest BCUT2D eigenvalue weighted by atomic mass is 10.0. The predicted molar refractivity (Wildman–Crippen MR) is 57.0 cm³/mol. The van der Waals surface area contributed by atoms with Crippen LogP contribution in [0.3, 0.4) is 0 Å². The van der Waals surface area contributed by atoms with Crippen LogP contribution in [0.4, 0.5) is 0 Å². The molecule has 4 heteroatoms. The molecule has 84 valence electrons. The number of nitrogens with one attached hydrogen (secondary N) is 2. The Kier molecular flexibility index (Phi) is 8.57. The molecular weight excluding hydrogens is 180 g/mol. The fraction of sp³-hybridized carbons (Fsp3) is 0.900. The molecule has 1 atom stereocenters. The number of rotatable bonds is 8. The van der Waals surface area contributed by atoms with Crippen molar-refractivity contribution in [3.63, 3.8) is 0 Å². The number of aliphatic hydroxyl groups excluding tert-OH is 1. The number of carbonyl (C=O) groups excluding carboxylic acids is 1. The normalized spacial score (nSPS) is 12.5. The minimum atomic E-state index is 0.00852. The van der Waals surface area contributed by atoms with Crippen molar-refractivity contribution in [3.05, 3.63) is 0 Å². The Labute approximate surface area is 86.1 Å². The molecule has 0 saturated heterocycles. The molecule has 0 heterocycles. The van der Waals surface area contributed by atoms with E-state index in [1.54, 1.807) is 0 Å². The molecule has 0 aliphatic heterocycles. The highest BCUT2D eigenvalue weighted by molar-refractivity contribution is 5.72. The van der Waals surface area contributed by atoms with Crippen molar-refractivity contribution in [2.24, 2.45) is 5.92 Å². The molecule has 0 spiro atoms. The van der Waals surface area contributed by atoms with Crippen molar-refractivity contribution in [1.82, 2.24) is 10.6 Å². The molecule has 3 N–H and O–H groups in total. The summed E-state index contributed by atoms with van der Waals surface area (Å²) < 4.78 is 0. The number of carbonyl (C=O) groups is 1. The van der Waals surface area contributed by atoms with Gasteiger partial charge in [-0.2, -0.15) is 0 Å². The maximum Gasteiger partial charge on any atom is 0.216 e. The van der Waals surface area contributed by atoms with Gasteiger partial charge in [0, 0.05) is 26.6 Å². The average Bonchev–Trinajstić information content (AvgIpc) is 2.15. The lowest BCUT2D eigenvalue weighted by Gasteiger charge is -2.14. The van der Waals surface area contributed by atoms with E-state index < -0.39 is 0 Å². The number of amides is 1. The van der Waals surface area contributed by atoms with Crippen LogP contribution in [0.25, 0.3) is 0 Å². The van der Waals surface area contributed by atoms with Crippen LogP contribution in [0.15, 0.2) is 0 Å². The summed E-state index contributed by atoms with van der Waals surface area (Å²) in [6, 6.07) is 0. The largest absolute Gasteiger partial charge is 0.396 e. The molecule has 0 saturated carbocycles. The highest BCUT2D eigenvalue weighted by Gasteiger charge is 2.03. The van der Waals surface area contributed by atoms with Gasteiger partial charge in [-0.1, -0.05) is 13.3 Å². The van der Waals surface area contributed by atoms with Gasteiger partial charge in [0.1, 0.15) is 0 Å². The fourth-order valence-corrected chi connectivity index (χ4v) is 1.27. The van der Waals surface area contributed by atoms with Gasteiger partial charge in [0.2, 0.25) is 5.91 Å². The summed E-state index contributed by atoms with van der Waals surface area (Å²) in [5.74, 6) is 0.548. The van der Waals surface area contributed by atoms with Crippen molar-refractivity contribution in [2.45, 2.75) is 26.7 Å². The Bertz CT molecular complexity index is 151. The number of hydrogen-bond acceptors (Lipinski definition) is 3. The van der Waals surface area contributed by atoms with Gasteiger partial charge in [0.05, 0.1) is 0 Å². The zero-order valence-electron chi connectivity index (χ0n) is 9.18. The van der Waals surface area contributed by atoms with Gasteiger partial charge in [-0.25, -0.2) is 0 Å². The van der Waals surface area contributed by atoms with Gasteiger partial charge in [-0.15, -0.1) is 0 Å². The molecule has 0 aliphatic carbocycles. The van der Waals surface area contributed by atoms with E-state index in [2.05, 4.69) is 17.6 Å². The molecule has 1 unspecified atom stereocenters. The fourth-order valence-electron chi connectivity index (χ4n) is 1.27. The molecule has 0 fully saturated rings. The molecule has 0 radical (unpaired) electrons. The smallest absolute Gasteiger partial charge is 0.216 e. The molecule has 0 rings (SSSR count). The van der Waals surface area contributed by atoms with Crippen molar-refractivity contribution in [1.29, 1.82) is 0 Å². The topological polar surface area (TPSA) is 61.4 Å². The molecule has 0 aromatic rings. The van der Waals surface area contributed by atoms with Gasteiger partial charge >= 0.3 is 0 Å². The van der Waals surface area contributed by atoms with Crippen LogP contribution in [-0.2, 0) is 4.79 Å². The molecule has 0 bridgehead atoms. The second kappa shape index (κ2) is 8.97. The lowest BCUT2D eigenvalue weighted by molar-refractivity contribution is -0.118. The first-order valence-electron chi connectivity index (χ1n) is 5.26. The second-order valence-corrected chi connectivity index (χ2v) is 3.47. The number of hydrogen-bond donors (Lipinski definition) is 3. The number of aliphatic hydroxyl groups is 1. The van der Waals surface area contributed by atoms with Crippen LogP contribution in [-0.4, -0.2) is 37.3 Å². The third-order valence-corrected chi connectivity index (χ3v) is 2.22. The van der Waals surface area contributed by atoms with Crippen LogP contribution < -0.4 is 10.6 Å². The SMILES string of the molecule is CCC(CCO)CNCCNC(C)=O. The Balaban J connectivity index is 3.28. The third kappa shape index (κ3) is 8.01. The van der Waals surface area contributed by atoms with Crippen LogP contribution in [0.1, 0.15) is 26.7 Å². The molecule has 0 aliphatic rings. The van der Waals surface area contributed by atoms with Gasteiger partial charge < -0.3 is 15.7 Å². The third-order valence-electron chi connectivity index (χ3n) is 2.22. The Morgan fingerprint density at radius 1 is 1.43 bits per heavy atom. The van der Waals surface area contributed by atoms with E-state index in [1.807, 2.05) is 0 Å². The van der Waals surface area contributed by atoms with Gasteiger partial charge in [0.15, 0.2) is 0 Å². The van der Waals surface area contributed by atoms with Crippen molar-refractivity contribution in [2.75, 3.05) is 26.2 Å². The highest BCUT2D eigenvalue weighted by Crippen LogP contribution is 2.04. The predicted octanol–water partition coefficient (Wildman–Crippen LogP) is 0.121. The summed E-state index contributed by atoms with van der Waals surface area (Å²) >= 11 is 0. The first-order valence-corrected chi connectivity index (χ1v) is 5.26. The summed E-state index contributed by atoms with van der Waals surface area (Å²) in [5, 5.41) is 14.7. The molecule has 0 aromatic heterocycles. The standard InChI is InChI=1S/C10H22N2O2/c1-3-10(4-7-13)8-11-5-6-12-9(2)14/h10-11,13H,3-8H2,1-2H3,(H,12,14). The summed E-state index contributed by atoms with van der Waals surface area (Å²) in [6.45, 7) is 6.27. The van der Waals surface area contributed by atoms with Crippen molar-refractivity contribution in [3.8, 4) is 0 Å². The van der Waals surface area contributed by atoms with Crippen LogP contribution in [0.2, 0.25) is 0 Å². The first kappa shape index (κ1) is 13.4. The molecule has 4 nitrogen and oxygen atoms in total. The zero-order chi connectivity index (χ0) is 10.8.